The molecule has 0 atom stereocenters. The van der Waals surface area contributed by atoms with E-state index in [1.165, 1.54) is 12.5 Å². The fourth-order valence-corrected chi connectivity index (χ4v) is 2.02. The fourth-order valence-electron chi connectivity index (χ4n) is 0.900. The first-order chi connectivity index (χ1) is 4.93. The molecule has 0 unspecified atom stereocenters. The van der Waals surface area contributed by atoms with E-state index in [0.717, 1.165) is 0 Å². The molecule has 0 fully saturated rings. The summed E-state index contributed by atoms with van der Waals surface area (Å²) in [4.78, 5) is 0. The number of hydrogen-bond acceptors (Lipinski definition) is 0. The van der Waals surface area contributed by atoms with Gasteiger partial charge in [-0.1, -0.05) is 54.9 Å². The van der Waals surface area contributed by atoms with Crippen molar-refractivity contribution in [1.29, 1.82) is 0 Å². The minimum absolute atomic E-state index is 0.547. The zero-order chi connectivity index (χ0) is 7.23. The Morgan fingerprint density at radius 3 is 2.50 bits per heavy atom. The topological polar surface area (TPSA) is 0 Å². The van der Waals surface area contributed by atoms with E-state index in [9.17, 15) is 0 Å². The second-order valence-corrected chi connectivity index (χ2v) is 4.06. The molecule has 0 bridgehead atoms. The van der Waals surface area contributed by atoms with Gasteiger partial charge >= 0.3 is 0 Å². The predicted molar refractivity (Wildman–Crippen MR) is 48.3 cm³/mol. The van der Waals surface area contributed by atoms with Gasteiger partial charge < -0.3 is 0 Å². The van der Waals surface area contributed by atoms with E-state index in [-0.39, 0.29) is 0 Å². The van der Waals surface area contributed by atoms with Gasteiger partial charge in [-0.25, -0.2) is 0 Å². The van der Waals surface area contributed by atoms with Crippen molar-refractivity contribution in [2.75, 3.05) is 0 Å². The van der Waals surface area contributed by atoms with Crippen LogP contribution in [0.3, 0.4) is 0 Å². The van der Waals surface area contributed by atoms with Crippen LogP contribution in [0.15, 0.2) is 30.3 Å². The molecule has 0 heterocycles. The molecule has 0 aromatic heterocycles. The fraction of sp³-hybridized carbons (Fsp3) is 0.333. The summed E-state index contributed by atoms with van der Waals surface area (Å²) in [6, 6.07) is 12.2. The predicted octanol–water partition coefficient (Wildman–Crippen LogP) is 1.58. The summed E-state index contributed by atoms with van der Waals surface area (Å²) in [5.41, 5.74) is 0. The van der Waals surface area contributed by atoms with Crippen LogP contribution in [0.25, 0.3) is 0 Å². The third-order valence-electron chi connectivity index (χ3n) is 1.47. The quantitative estimate of drug-likeness (QED) is 0.572. The summed E-state index contributed by atoms with van der Waals surface area (Å²) in [5.74, 6) is 0. The van der Waals surface area contributed by atoms with Crippen LogP contribution in [0.5, 0.6) is 0 Å². The maximum Gasteiger partial charge on any atom is 0.0667 e. The van der Waals surface area contributed by atoms with Crippen LogP contribution in [0.1, 0.15) is 13.3 Å². The van der Waals surface area contributed by atoms with Crippen molar-refractivity contribution in [1.82, 2.24) is 0 Å². The third-order valence-corrected chi connectivity index (χ3v) is 3.19. The van der Waals surface area contributed by atoms with Crippen LogP contribution in [-0.2, 0) is 0 Å². The Hall–Kier alpha value is -0.563. The van der Waals surface area contributed by atoms with E-state index in [1.807, 2.05) is 0 Å². The van der Waals surface area contributed by atoms with E-state index < -0.39 is 0 Å². The van der Waals surface area contributed by atoms with Gasteiger partial charge in [-0.2, -0.15) is 0 Å². The summed E-state index contributed by atoms with van der Waals surface area (Å²) in [7, 11) is 0.547. The standard InChI is InChI=1S/C9H13Si/c1-2-8-10-9-6-4-3-5-7-9/h3-7,10H,2,8H2,1H3. The molecule has 0 aliphatic rings. The third kappa shape index (κ3) is 2.36. The van der Waals surface area contributed by atoms with Crippen molar-refractivity contribution in [3.63, 3.8) is 0 Å². The lowest BCUT2D eigenvalue weighted by Gasteiger charge is -1.95. The molecule has 1 heteroatoms. The van der Waals surface area contributed by atoms with E-state index in [0.29, 0.717) is 9.52 Å². The maximum atomic E-state index is 2.25. The molecule has 0 spiro atoms. The highest BCUT2D eigenvalue weighted by molar-refractivity contribution is 6.53. The average Bonchev–Trinajstić information content (AvgIpc) is 2.03. The molecule has 0 nitrogen and oxygen atoms in total. The van der Waals surface area contributed by atoms with E-state index >= 15 is 0 Å². The van der Waals surface area contributed by atoms with Gasteiger partial charge in [0.2, 0.25) is 0 Å². The highest BCUT2D eigenvalue weighted by Crippen LogP contribution is 1.87. The van der Waals surface area contributed by atoms with Crippen molar-refractivity contribution in [3.8, 4) is 0 Å². The number of rotatable bonds is 3. The Morgan fingerprint density at radius 1 is 1.20 bits per heavy atom. The molecule has 0 N–H and O–H groups in total. The Bertz CT molecular complexity index is 169. The van der Waals surface area contributed by atoms with Crippen LogP contribution in [0, 0.1) is 0 Å². The Morgan fingerprint density at radius 2 is 1.90 bits per heavy atom. The Balaban J connectivity index is 2.43. The van der Waals surface area contributed by atoms with Crippen LogP contribution < -0.4 is 5.19 Å². The van der Waals surface area contributed by atoms with Crippen molar-refractivity contribution in [3.05, 3.63) is 30.3 Å². The highest BCUT2D eigenvalue weighted by atomic mass is 28.2. The van der Waals surface area contributed by atoms with Gasteiger partial charge in [-0.15, -0.1) is 0 Å². The van der Waals surface area contributed by atoms with Gasteiger partial charge in [0.1, 0.15) is 0 Å². The highest BCUT2D eigenvalue weighted by Gasteiger charge is 1.88. The molecular formula is C9H13Si. The minimum atomic E-state index is 0.547. The first kappa shape index (κ1) is 7.54. The molecule has 10 heavy (non-hydrogen) atoms. The number of benzene rings is 1. The van der Waals surface area contributed by atoms with E-state index in [1.54, 1.807) is 5.19 Å². The van der Waals surface area contributed by atoms with Gasteiger partial charge in [-0.05, 0) is 0 Å². The first-order valence-corrected chi connectivity index (χ1v) is 5.21. The second-order valence-electron chi connectivity index (χ2n) is 2.40. The summed E-state index contributed by atoms with van der Waals surface area (Å²) in [6.07, 6.45) is 1.32. The molecule has 1 radical (unpaired) electrons. The number of hydrogen-bond donors (Lipinski definition) is 0. The normalized spacial score (nSPS) is 9.70. The molecule has 0 saturated carbocycles. The van der Waals surface area contributed by atoms with Gasteiger partial charge in [0, 0.05) is 0 Å². The average molecular weight is 149 g/mol. The van der Waals surface area contributed by atoms with Crippen molar-refractivity contribution in [2.24, 2.45) is 0 Å². The summed E-state index contributed by atoms with van der Waals surface area (Å²) in [6.45, 7) is 2.25. The smallest absolute Gasteiger partial charge is 0.0657 e. The monoisotopic (exact) mass is 149 g/mol. The van der Waals surface area contributed by atoms with Gasteiger partial charge in [-0.3, -0.25) is 0 Å². The lowest BCUT2D eigenvalue weighted by molar-refractivity contribution is 1.08. The second kappa shape index (κ2) is 4.28. The SMILES string of the molecule is CCC[SiH]c1ccccc1. The molecule has 0 amide bonds. The van der Waals surface area contributed by atoms with Gasteiger partial charge in [0.25, 0.3) is 0 Å². The van der Waals surface area contributed by atoms with E-state index in [4.69, 9.17) is 0 Å². The lowest BCUT2D eigenvalue weighted by atomic mass is 10.4. The molecule has 0 aliphatic carbocycles. The molecule has 0 saturated heterocycles. The molecule has 1 aromatic carbocycles. The lowest BCUT2D eigenvalue weighted by Crippen LogP contribution is -2.11. The van der Waals surface area contributed by atoms with Crippen LogP contribution >= 0.6 is 0 Å². The molecule has 1 aromatic rings. The van der Waals surface area contributed by atoms with Gasteiger partial charge in [0.05, 0.1) is 9.52 Å². The van der Waals surface area contributed by atoms with Crippen LogP contribution in [0.4, 0.5) is 0 Å². The van der Waals surface area contributed by atoms with Crippen molar-refractivity contribution in [2.45, 2.75) is 19.4 Å². The minimum Gasteiger partial charge on any atom is -0.0657 e. The molecule has 53 valence electrons. The van der Waals surface area contributed by atoms with Crippen LogP contribution in [-0.4, -0.2) is 9.52 Å². The molecule has 0 aliphatic heterocycles. The summed E-state index contributed by atoms with van der Waals surface area (Å²) < 4.78 is 0. The first-order valence-electron chi connectivity index (χ1n) is 3.81. The summed E-state index contributed by atoms with van der Waals surface area (Å²) >= 11 is 0. The maximum absolute atomic E-state index is 2.25. The van der Waals surface area contributed by atoms with Gasteiger partial charge in [0.15, 0.2) is 0 Å². The zero-order valence-corrected chi connectivity index (χ0v) is 7.53. The Kier molecular flexibility index (Phi) is 3.23. The largest absolute Gasteiger partial charge is 0.0667 e. The van der Waals surface area contributed by atoms with Crippen molar-refractivity contribution < 1.29 is 0 Å². The zero-order valence-electron chi connectivity index (χ0n) is 6.38. The Labute approximate surface area is 65.1 Å². The molecule has 1 rings (SSSR count). The molecular weight excluding hydrogens is 136 g/mol. The van der Waals surface area contributed by atoms with Crippen molar-refractivity contribution >= 4 is 14.7 Å². The van der Waals surface area contributed by atoms with Crippen LogP contribution in [0.2, 0.25) is 6.04 Å². The van der Waals surface area contributed by atoms with E-state index in [2.05, 4.69) is 37.3 Å². The summed E-state index contributed by atoms with van der Waals surface area (Å²) in [5, 5.41) is 1.55.